The van der Waals surface area contributed by atoms with E-state index in [0.717, 1.165) is 22.9 Å². The lowest BCUT2D eigenvalue weighted by Crippen LogP contribution is -2.11. The molecule has 0 amide bonds. The van der Waals surface area contributed by atoms with Crippen LogP contribution in [0.5, 0.6) is 11.5 Å². The molecule has 1 aliphatic carbocycles. The minimum atomic E-state index is 0.628. The van der Waals surface area contributed by atoms with Crippen molar-refractivity contribution in [1.29, 1.82) is 0 Å². The first kappa shape index (κ1) is 14.6. The van der Waals surface area contributed by atoms with E-state index in [4.69, 9.17) is 10.1 Å². The lowest BCUT2D eigenvalue weighted by atomic mass is 9.82. The van der Waals surface area contributed by atoms with Crippen LogP contribution in [0.2, 0.25) is 0 Å². The van der Waals surface area contributed by atoms with Crippen molar-refractivity contribution in [1.82, 2.24) is 5.32 Å². The van der Waals surface area contributed by atoms with Crippen LogP contribution in [0.3, 0.4) is 0 Å². The summed E-state index contributed by atoms with van der Waals surface area (Å²) >= 11 is 0. The molecule has 4 rings (SSSR count). The van der Waals surface area contributed by atoms with Gasteiger partial charge in [0.05, 0.1) is 0 Å². The number of hydrogen-bond donors (Lipinski definition) is 0. The third-order valence-corrected chi connectivity index (χ3v) is 5.23. The van der Waals surface area contributed by atoms with E-state index in [9.17, 15) is 0 Å². The Labute approximate surface area is 138 Å². The van der Waals surface area contributed by atoms with Crippen LogP contribution in [0.1, 0.15) is 62.0 Å². The van der Waals surface area contributed by atoms with Gasteiger partial charge in [-0.3, -0.25) is 0 Å². The van der Waals surface area contributed by atoms with Gasteiger partial charge in [-0.05, 0) is 55.0 Å². The first-order valence-electron chi connectivity index (χ1n) is 8.95. The SMILES string of the molecule is Cc1ccc2c(c1C1CCCCCCC1)[N]c1ccccc1O2. The molecule has 1 fully saturated rings. The molecule has 1 aliphatic heterocycles. The number of aryl methyl sites for hydroxylation is 1. The summed E-state index contributed by atoms with van der Waals surface area (Å²) in [5.74, 6) is 2.42. The molecule has 1 radical (unpaired) electrons. The summed E-state index contributed by atoms with van der Waals surface area (Å²) in [6, 6.07) is 12.4. The van der Waals surface area contributed by atoms with Crippen LogP contribution < -0.4 is 10.1 Å². The number of nitrogens with zero attached hydrogens (tertiary/aromatic N) is 1. The highest BCUT2D eigenvalue weighted by atomic mass is 16.5. The lowest BCUT2D eigenvalue weighted by Gasteiger charge is -2.28. The number of para-hydroxylation sites is 2. The second-order valence-corrected chi connectivity index (χ2v) is 6.87. The predicted molar refractivity (Wildman–Crippen MR) is 94.2 cm³/mol. The normalized spacial score (nSPS) is 18.0. The minimum absolute atomic E-state index is 0.628. The van der Waals surface area contributed by atoms with Crippen molar-refractivity contribution in [3.63, 3.8) is 0 Å². The molecule has 0 spiro atoms. The fourth-order valence-electron chi connectivity index (χ4n) is 4.02. The summed E-state index contributed by atoms with van der Waals surface area (Å²) in [7, 11) is 0. The molecule has 0 unspecified atom stereocenters. The second kappa shape index (κ2) is 6.27. The smallest absolute Gasteiger partial charge is 0.153 e. The number of hydrogen-bond acceptors (Lipinski definition) is 1. The first-order valence-corrected chi connectivity index (χ1v) is 8.95. The maximum absolute atomic E-state index is 6.13. The highest BCUT2D eigenvalue weighted by molar-refractivity contribution is 5.72. The van der Waals surface area contributed by atoms with Gasteiger partial charge in [0, 0.05) is 0 Å². The van der Waals surface area contributed by atoms with E-state index in [1.165, 1.54) is 56.1 Å². The van der Waals surface area contributed by atoms with E-state index >= 15 is 0 Å². The fraction of sp³-hybridized carbons (Fsp3) is 0.429. The van der Waals surface area contributed by atoms with Gasteiger partial charge in [0.2, 0.25) is 0 Å². The molecule has 2 nitrogen and oxygen atoms in total. The van der Waals surface area contributed by atoms with Gasteiger partial charge in [0.15, 0.2) is 11.5 Å². The van der Waals surface area contributed by atoms with Gasteiger partial charge in [-0.1, -0.05) is 50.3 Å². The molecule has 2 aliphatic rings. The van der Waals surface area contributed by atoms with E-state index in [-0.39, 0.29) is 0 Å². The van der Waals surface area contributed by atoms with Crippen molar-refractivity contribution in [3.05, 3.63) is 47.5 Å². The monoisotopic (exact) mass is 306 g/mol. The number of benzene rings is 2. The second-order valence-electron chi connectivity index (χ2n) is 6.87. The molecule has 23 heavy (non-hydrogen) atoms. The largest absolute Gasteiger partial charge is 0.453 e. The molecule has 0 N–H and O–H groups in total. The zero-order valence-electron chi connectivity index (χ0n) is 13.8. The topological polar surface area (TPSA) is 23.3 Å². The quantitative estimate of drug-likeness (QED) is 0.503. The van der Waals surface area contributed by atoms with Crippen LogP contribution in [0.15, 0.2) is 36.4 Å². The van der Waals surface area contributed by atoms with Crippen LogP contribution >= 0.6 is 0 Å². The van der Waals surface area contributed by atoms with Gasteiger partial charge in [0.25, 0.3) is 0 Å². The molecule has 2 heteroatoms. The Balaban J connectivity index is 1.73. The van der Waals surface area contributed by atoms with Gasteiger partial charge in [-0.2, -0.15) is 0 Å². The standard InChI is InChI=1S/C21H24NO/c1-15-13-14-19-21(22-17-11-7-8-12-18(17)23-19)20(15)16-9-5-3-2-4-6-10-16/h7-8,11-14,16H,2-6,9-10H2,1H3. The molecule has 1 saturated carbocycles. The Morgan fingerprint density at radius 3 is 2.43 bits per heavy atom. The van der Waals surface area contributed by atoms with E-state index in [1.807, 2.05) is 24.3 Å². The molecule has 119 valence electrons. The first-order chi connectivity index (χ1) is 11.3. The van der Waals surface area contributed by atoms with Gasteiger partial charge in [-0.15, -0.1) is 0 Å². The van der Waals surface area contributed by atoms with Gasteiger partial charge >= 0.3 is 0 Å². The Bertz CT molecular complexity index is 699. The molecular weight excluding hydrogens is 282 g/mol. The van der Waals surface area contributed by atoms with Crippen LogP contribution in [0.25, 0.3) is 0 Å². The van der Waals surface area contributed by atoms with Crippen molar-refractivity contribution in [2.75, 3.05) is 0 Å². The molecule has 2 aromatic carbocycles. The van der Waals surface area contributed by atoms with E-state index < -0.39 is 0 Å². The molecule has 0 bridgehead atoms. The van der Waals surface area contributed by atoms with Crippen molar-refractivity contribution in [2.45, 2.75) is 57.8 Å². The van der Waals surface area contributed by atoms with E-state index in [1.54, 1.807) is 0 Å². The number of rotatable bonds is 1. The number of fused-ring (bicyclic) bond motifs is 2. The third-order valence-electron chi connectivity index (χ3n) is 5.23. The van der Waals surface area contributed by atoms with Gasteiger partial charge < -0.3 is 4.74 Å². The van der Waals surface area contributed by atoms with Crippen molar-refractivity contribution >= 4 is 11.4 Å². The van der Waals surface area contributed by atoms with E-state index in [0.29, 0.717) is 5.92 Å². The highest BCUT2D eigenvalue weighted by Crippen LogP contribution is 2.48. The molecule has 0 aromatic heterocycles. The molecule has 2 aromatic rings. The summed E-state index contributed by atoms with van der Waals surface area (Å²) in [5, 5.41) is 4.97. The maximum Gasteiger partial charge on any atom is 0.153 e. The summed E-state index contributed by atoms with van der Waals surface area (Å²) in [6.45, 7) is 2.23. The lowest BCUT2D eigenvalue weighted by molar-refractivity contribution is 0.445. The van der Waals surface area contributed by atoms with Crippen LogP contribution in [0, 0.1) is 6.92 Å². The Morgan fingerprint density at radius 2 is 1.61 bits per heavy atom. The van der Waals surface area contributed by atoms with Crippen molar-refractivity contribution < 1.29 is 4.74 Å². The highest BCUT2D eigenvalue weighted by Gasteiger charge is 2.26. The third kappa shape index (κ3) is 2.83. The number of ether oxygens (including phenoxy) is 1. The Hall–Kier alpha value is -1.96. The summed E-state index contributed by atoms with van der Waals surface area (Å²) in [6.07, 6.45) is 9.40. The fourth-order valence-corrected chi connectivity index (χ4v) is 4.02. The predicted octanol–water partition coefficient (Wildman–Crippen LogP) is 6.50. The minimum Gasteiger partial charge on any atom is -0.453 e. The Kier molecular flexibility index (Phi) is 3.99. The summed E-state index contributed by atoms with van der Waals surface area (Å²) < 4.78 is 6.13. The van der Waals surface area contributed by atoms with Crippen molar-refractivity contribution in [2.24, 2.45) is 0 Å². The zero-order chi connectivity index (χ0) is 15.6. The van der Waals surface area contributed by atoms with E-state index in [2.05, 4.69) is 19.1 Å². The van der Waals surface area contributed by atoms with Crippen molar-refractivity contribution in [3.8, 4) is 11.5 Å². The average molecular weight is 306 g/mol. The Morgan fingerprint density at radius 1 is 0.870 bits per heavy atom. The van der Waals surface area contributed by atoms with Crippen LogP contribution in [0.4, 0.5) is 11.4 Å². The van der Waals surface area contributed by atoms with Gasteiger partial charge in [0.1, 0.15) is 11.4 Å². The van der Waals surface area contributed by atoms with Crippen LogP contribution in [-0.2, 0) is 0 Å². The van der Waals surface area contributed by atoms with Crippen LogP contribution in [-0.4, -0.2) is 0 Å². The maximum atomic E-state index is 6.13. The summed E-state index contributed by atoms with van der Waals surface area (Å²) in [5.41, 5.74) is 4.83. The molecular formula is C21H24NO. The summed E-state index contributed by atoms with van der Waals surface area (Å²) in [4.78, 5) is 0. The molecule has 0 saturated heterocycles. The molecule has 1 heterocycles. The van der Waals surface area contributed by atoms with Gasteiger partial charge in [-0.25, -0.2) is 5.32 Å². The zero-order valence-corrected chi connectivity index (χ0v) is 13.8. The molecule has 0 atom stereocenters. The average Bonchev–Trinajstić information content (AvgIpc) is 2.54.